The summed E-state index contributed by atoms with van der Waals surface area (Å²) in [5, 5.41) is 8.94. The monoisotopic (exact) mass is 496 g/mol. The molecule has 0 atom stereocenters. The first-order chi connectivity index (χ1) is 17.7. The van der Waals surface area contributed by atoms with Gasteiger partial charge in [-0.1, -0.05) is 24.1 Å². The van der Waals surface area contributed by atoms with Crippen LogP contribution in [0.1, 0.15) is 17.7 Å². The highest BCUT2D eigenvalue weighted by Gasteiger charge is 2.13. The van der Waals surface area contributed by atoms with Crippen molar-refractivity contribution in [1.82, 2.24) is 29.8 Å². The van der Waals surface area contributed by atoms with Crippen molar-refractivity contribution in [1.29, 1.82) is 0 Å². The molecule has 0 bridgehead atoms. The third kappa shape index (κ3) is 4.43. The van der Waals surface area contributed by atoms with E-state index in [0.717, 1.165) is 53.1 Å². The number of aromatic nitrogens is 5. The molecule has 0 radical (unpaired) electrons. The summed E-state index contributed by atoms with van der Waals surface area (Å²) in [7, 11) is 2.03. The molecule has 1 aliphatic heterocycles. The van der Waals surface area contributed by atoms with E-state index in [1.807, 2.05) is 31.8 Å². The Morgan fingerprint density at radius 2 is 2.08 bits per heavy atom. The van der Waals surface area contributed by atoms with Crippen LogP contribution in [0.5, 0.6) is 0 Å². The number of hydrogen-bond donors (Lipinski definition) is 3. The van der Waals surface area contributed by atoms with Crippen LogP contribution in [-0.4, -0.2) is 50.9 Å². The summed E-state index contributed by atoms with van der Waals surface area (Å²) in [6.45, 7) is 2.62. The Balaban J connectivity index is 1.27. The number of hydrogen-bond acceptors (Lipinski definition) is 7. The van der Waals surface area contributed by atoms with Gasteiger partial charge in [0.25, 0.3) is 0 Å². The highest BCUT2D eigenvalue weighted by Crippen LogP contribution is 2.28. The number of rotatable bonds is 7. The highest BCUT2D eigenvalue weighted by atomic mass is 32.2. The van der Waals surface area contributed by atoms with Crippen molar-refractivity contribution < 1.29 is 0 Å². The standard InChI is InChI=1S/C27H28N8S/c1-34(36-2)25-20(4-3-10-29-25)17-35-13-9-19-16-30-27(33-26(19)35)31-22-5-6-23-21(14-22)15-24(32-23)18-7-11-28-12-8-18/h3-7,9-10,13-16,28,32H,8,11-12,17H2,1-2H3,(H,30,31,33). The molecule has 0 saturated carbocycles. The summed E-state index contributed by atoms with van der Waals surface area (Å²) in [5.74, 6) is 1.53. The smallest absolute Gasteiger partial charge is 0.229 e. The van der Waals surface area contributed by atoms with Gasteiger partial charge in [-0.05, 0) is 54.9 Å². The molecule has 3 N–H and O–H groups in total. The average Bonchev–Trinajstić information content (AvgIpc) is 3.53. The molecule has 1 aliphatic rings. The van der Waals surface area contributed by atoms with Gasteiger partial charge < -0.3 is 24.5 Å². The lowest BCUT2D eigenvalue weighted by Gasteiger charge is -2.18. The van der Waals surface area contributed by atoms with E-state index < -0.39 is 0 Å². The van der Waals surface area contributed by atoms with Gasteiger partial charge in [0.15, 0.2) is 0 Å². The number of fused-ring (bicyclic) bond motifs is 2. The zero-order chi connectivity index (χ0) is 24.5. The molecule has 1 aromatic carbocycles. The Kier molecular flexibility index (Phi) is 6.08. The fraction of sp³-hybridized carbons (Fsp3) is 0.222. The van der Waals surface area contributed by atoms with Gasteiger partial charge in [0.2, 0.25) is 5.95 Å². The minimum absolute atomic E-state index is 0.575. The molecule has 5 heterocycles. The Labute approximate surface area is 214 Å². The van der Waals surface area contributed by atoms with Crippen LogP contribution in [-0.2, 0) is 6.54 Å². The van der Waals surface area contributed by atoms with Gasteiger partial charge in [-0.25, -0.2) is 9.97 Å². The number of nitrogens with one attached hydrogen (secondary N) is 3. The first kappa shape index (κ1) is 22.6. The molecular weight excluding hydrogens is 468 g/mol. The lowest BCUT2D eigenvalue weighted by atomic mass is 10.1. The van der Waals surface area contributed by atoms with Crippen molar-refractivity contribution in [3.8, 4) is 0 Å². The summed E-state index contributed by atoms with van der Waals surface area (Å²) in [6.07, 6.45) is 11.1. The van der Waals surface area contributed by atoms with Crippen LogP contribution in [0.25, 0.3) is 27.5 Å². The molecule has 36 heavy (non-hydrogen) atoms. The van der Waals surface area contributed by atoms with Gasteiger partial charge in [0, 0.05) is 71.7 Å². The third-order valence-corrected chi connectivity index (χ3v) is 7.29. The number of benzene rings is 1. The molecule has 0 amide bonds. The van der Waals surface area contributed by atoms with Crippen molar-refractivity contribution in [2.24, 2.45) is 0 Å². The van der Waals surface area contributed by atoms with Crippen LogP contribution in [0.15, 0.2) is 67.1 Å². The summed E-state index contributed by atoms with van der Waals surface area (Å²) in [4.78, 5) is 17.5. The molecule has 5 aromatic rings. The average molecular weight is 497 g/mol. The second-order valence-electron chi connectivity index (χ2n) is 8.88. The lowest BCUT2D eigenvalue weighted by Crippen LogP contribution is -2.20. The summed E-state index contributed by atoms with van der Waals surface area (Å²) in [6, 6.07) is 14.7. The molecule has 0 fully saturated rings. The fourth-order valence-electron chi connectivity index (χ4n) is 4.65. The van der Waals surface area contributed by atoms with Gasteiger partial charge in [0.1, 0.15) is 11.5 Å². The van der Waals surface area contributed by atoms with E-state index in [1.54, 1.807) is 11.9 Å². The number of H-pyrrole nitrogens is 1. The third-order valence-electron chi connectivity index (χ3n) is 6.57. The van der Waals surface area contributed by atoms with E-state index in [2.05, 4.69) is 83.1 Å². The maximum absolute atomic E-state index is 4.86. The van der Waals surface area contributed by atoms with Crippen molar-refractivity contribution in [2.45, 2.75) is 13.0 Å². The summed E-state index contributed by atoms with van der Waals surface area (Å²) < 4.78 is 4.22. The topological polar surface area (TPSA) is 86.7 Å². The number of nitrogens with zero attached hydrogens (tertiary/aromatic N) is 5. The highest BCUT2D eigenvalue weighted by molar-refractivity contribution is 7.99. The van der Waals surface area contributed by atoms with Gasteiger partial charge in [-0.15, -0.1) is 0 Å². The molecule has 182 valence electrons. The first-order valence-electron chi connectivity index (χ1n) is 12.0. The lowest BCUT2D eigenvalue weighted by molar-refractivity contribution is 0.737. The van der Waals surface area contributed by atoms with E-state index in [4.69, 9.17) is 4.98 Å². The predicted molar refractivity (Wildman–Crippen MR) is 150 cm³/mol. The quantitative estimate of drug-likeness (QED) is 0.267. The van der Waals surface area contributed by atoms with Gasteiger partial charge in [0.05, 0.1) is 6.54 Å². The molecule has 9 heteroatoms. The number of pyridine rings is 1. The zero-order valence-corrected chi connectivity index (χ0v) is 21.1. The van der Waals surface area contributed by atoms with E-state index in [1.165, 1.54) is 16.7 Å². The Bertz CT molecular complexity index is 1570. The fourth-order valence-corrected chi connectivity index (χ4v) is 4.98. The predicted octanol–water partition coefficient (Wildman–Crippen LogP) is 5.19. The van der Waals surface area contributed by atoms with Crippen molar-refractivity contribution in [3.63, 3.8) is 0 Å². The first-order valence-corrected chi connectivity index (χ1v) is 13.2. The maximum atomic E-state index is 4.86. The Morgan fingerprint density at radius 3 is 2.94 bits per heavy atom. The Hall–Kier alpha value is -3.82. The molecule has 0 unspecified atom stereocenters. The van der Waals surface area contributed by atoms with Crippen molar-refractivity contribution >= 4 is 56.9 Å². The maximum Gasteiger partial charge on any atom is 0.229 e. The van der Waals surface area contributed by atoms with Crippen LogP contribution in [0.2, 0.25) is 0 Å². The summed E-state index contributed by atoms with van der Waals surface area (Å²) >= 11 is 1.64. The number of aromatic amines is 1. The van der Waals surface area contributed by atoms with E-state index in [9.17, 15) is 0 Å². The zero-order valence-electron chi connectivity index (χ0n) is 20.3. The molecule has 8 nitrogen and oxygen atoms in total. The normalized spacial score (nSPS) is 13.8. The second kappa shape index (κ2) is 9.67. The molecule has 4 aromatic heterocycles. The minimum Gasteiger partial charge on any atom is -0.355 e. The van der Waals surface area contributed by atoms with E-state index in [-0.39, 0.29) is 0 Å². The van der Waals surface area contributed by atoms with Crippen LogP contribution in [0, 0.1) is 0 Å². The number of anilines is 3. The minimum atomic E-state index is 0.575. The van der Waals surface area contributed by atoms with E-state index in [0.29, 0.717) is 12.5 Å². The summed E-state index contributed by atoms with van der Waals surface area (Å²) in [5.41, 5.74) is 6.67. The van der Waals surface area contributed by atoms with Gasteiger partial charge in [-0.3, -0.25) is 0 Å². The Morgan fingerprint density at radius 1 is 1.14 bits per heavy atom. The molecule has 0 spiro atoms. The van der Waals surface area contributed by atoms with Crippen molar-refractivity contribution in [3.05, 3.63) is 78.4 Å². The van der Waals surface area contributed by atoms with Gasteiger partial charge >= 0.3 is 0 Å². The van der Waals surface area contributed by atoms with Crippen LogP contribution in [0.4, 0.5) is 17.5 Å². The molecular formula is C27H28N8S. The SMILES string of the molecule is CSN(C)c1ncccc1Cn1ccc2cnc(Nc3ccc4[nH]c(C5=CCNCC5)cc4c3)nc21. The molecule has 0 saturated heterocycles. The van der Waals surface area contributed by atoms with Crippen LogP contribution >= 0.6 is 11.9 Å². The van der Waals surface area contributed by atoms with Crippen LogP contribution < -0.4 is 14.9 Å². The molecule has 0 aliphatic carbocycles. The second-order valence-corrected chi connectivity index (χ2v) is 9.79. The van der Waals surface area contributed by atoms with Gasteiger partial charge in [-0.2, -0.15) is 4.98 Å². The van der Waals surface area contributed by atoms with Crippen molar-refractivity contribution in [2.75, 3.05) is 36.0 Å². The van der Waals surface area contributed by atoms with E-state index >= 15 is 0 Å². The molecule has 6 rings (SSSR count). The largest absolute Gasteiger partial charge is 0.355 e. The van der Waals surface area contributed by atoms with Crippen LogP contribution in [0.3, 0.4) is 0 Å².